The Balaban J connectivity index is 1.15. The smallest absolute Gasteiger partial charge is 0.415 e. The summed E-state index contributed by atoms with van der Waals surface area (Å²) in [6, 6.07) is 13.8. The lowest BCUT2D eigenvalue weighted by atomic mass is 10.0. The molecule has 1 saturated heterocycles. The molecule has 6 rings (SSSR count). The highest BCUT2D eigenvalue weighted by Gasteiger charge is 2.56. The number of fused-ring (bicyclic) bond motifs is 1. The predicted molar refractivity (Wildman–Crippen MR) is 170 cm³/mol. The third-order valence-electron chi connectivity index (χ3n) is 8.38. The number of nitrogens with one attached hydrogen (secondary N) is 2. The zero-order valence-corrected chi connectivity index (χ0v) is 26.0. The van der Waals surface area contributed by atoms with Crippen LogP contribution in [-0.2, 0) is 9.59 Å². The number of amides is 3. The van der Waals surface area contributed by atoms with Gasteiger partial charge in [-0.3, -0.25) is 14.6 Å². The van der Waals surface area contributed by atoms with Crippen LogP contribution < -0.4 is 24.8 Å². The van der Waals surface area contributed by atoms with E-state index in [9.17, 15) is 18.8 Å². The number of pyridine rings is 1. The normalized spacial score (nSPS) is 17.1. The number of aromatic nitrogens is 1. The first-order valence-electron chi connectivity index (χ1n) is 15.1. The number of ether oxygens (including phenoxy) is 3. The van der Waals surface area contributed by atoms with E-state index in [1.165, 1.54) is 49.7 Å². The van der Waals surface area contributed by atoms with Gasteiger partial charge in [-0.05, 0) is 75.3 Å². The number of carbonyl (C=O) groups is 3. The van der Waals surface area contributed by atoms with Gasteiger partial charge < -0.3 is 34.6 Å². The highest BCUT2D eigenvalue weighted by Crippen LogP contribution is 2.47. The molecule has 244 valence electrons. The van der Waals surface area contributed by atoms with E-state index in [-0.39, 0.29) is 34.7 Å². The number of rotatable bonds is 8. The minimum atomic E-state index is -1.30. The lowest BCUT2D eigenvalue weighted by Crippen LogP contribution is -2.53. The highest BCUT2D eigenvalue weighted by molar-refractivity contribution is 6.16. The molecule has 13 heteroatoms. The van der Waals surface area contributed by atoms with Crippen molar-refractivity contribution in [2.24, 2.45) is 5.41 Å². The Morgan fingerprint density at radius 3 is 2.23 bits per heavy atom. The lowest BCUT2D eigenvalue weighted by Gasteiger charge is -2.37. The van der Waals surface area contributed by atoms with Crippen molar-refractivity contribution in [1.29, 1.82) is 0 Å². The molecule has 0 bridgehead atoms. The van der Waals surface area contributed by atoms with Crippen molar-refractivity contribution in [2.75, 3.05) is 44.4 Å². The molecule has 2 heterocycles. The molecule has 1 aromatic heterocycles. The molecule has 0 spiro atoms. The van der Waals surface area contributed by atoms with E-state index in [4.69, 9.17) is 14.2 Å². The van der Waals surface area contributed by atoms with Gasteiger partial charge in [0, 0.05) is 60.8 Å². The monoisotopic (exact) mass is 645 g/mol. The maximum absolute atomic E-state index is 15.3. The van der Waals surface area contributed by atoms with Crippen LogP contribution in [-0.4, -0.2) is 72.5 Å². The average Bonchev–Trinajstić information content (AvgIpc) is 3.86. The number of halogens is 2. The van der Waals surface area contributed by atoms with Gasteiger partial charge in [0.1, 0.15) is 17.0 Å². The first-order chi connectivity index (χ1) is 22.6. The van der Waals surface area contributed by atoms with Crippen LogP contribution in [0.25, 0.3) is 10.9 Å². The van der Waals surface area contributed by atoms with E-state index in [0.717, 1.165) is 19.2 Å². The molecule has 0 unspecified atom stereocenters. The molecule has 1 saturated carbocycles. The Hall–Kier alpha value is -5.30. The van der Waals surface area contributed by atoms with Gasteiger partial charge in [0.05, 0.1) is 12.6 Å². The van der Waals surface area contributed by atoms with E-state index in [1.807, 2.05) is 14.0 Å². The second-order valence-electron chi connectivity index (χ2n) is 11.7. The molecule has 4 aromatic rings. The minimum Gasteiger partial charge on any atom is -0.493 e. The molecule has 11 nitrogen and oxygen atoms in total. The van der Waals surface area contributed by atoms with E-state index < -0.39 is 35.0 Å². The number of likely N-dealkylation sites (N-methyl/N-ethyl adjacent to an activating group) is 1. The summed E-state index contributed by atoms with van der Waals surface area (Å²) in [5.41, 5.74) is -0.370. The van der Waals surface area contributed by atoms with Crippen LogP contribution in [0.2, 0.25) is 0 Å². The molecule has 2 N–H and O–H groups in total. The number of nitrogens with zero attached hydrogens (tertiary/aromatic N) is 3. The van der Waals surface area contributed by atoms with Crippen LogP contribution in [0.3, 0.4) is 0 Å². The van der Waals surface area contributed by atoms with Crippen molar-refractivity contribution < 1.29 is 37.4 Å². The number of hydrogen-bond acceptors (Lipinski definition) is 8. The minimum absolute atomic E-state index is 0.0254. The zero-order valence-electron chi connectivity index (χ0n) is 26.0. The first kappa shape index (κ1) is 31.7. The summed E-state index contributed by atoms with van der Waals surface area (Å²) in [5.74, 6) is -1.70. The summed E-state index contributed by atoms with van der Waals surface area (Å²) in [7, 11) is 3.44. The van der Waals surface area contributed by atoms with Gasteiger partial charge in [-0.25, -0.2) is 13.6 Å². The van der Waals surface area contributed by atoms with Crippen LogP contribution in [0.5, 0.6) is 23.0 Å². The van der Waals surface area contributed by atoms with Crippen LogP contribution >= 0.6 is 0 Å². The molecular formula is C34H33F2N5O6. The van der Waals surface area contributed by atoms with Crippen molar-refractivity contribution in [2.45, 2.75) is 25.8 Å². The lowest BCUT2D eigenvalue weighted by molar-refractivity contribution is -0.131. The van der Waals surface area contributed by atoms with Crippen LogP contribution in [0.4, 0.5) is 25.0 Å². The fraction of sp³-hybridized carbons (Fsp3) is 0.294. The van der Waals surface area contributed by atoms with Crippen LogP contribution in [0.1, 0.15) is 19.8 Å². The third-order valence-corrected chi connectivity index (χ3v) is 8.38. The quantitative estimate of drug-likeness (QED) is 0.231. The number of anilines is 2. The zero-order chi connectivity index (χ0) is 33.3. The molecule has 1 aliphatic heterocycles. The molecular weight excluding hydrogens is 612 g/mol. The molecule has 3 amide bonds. The van der Waals surface area contributed by atoms with Crippen molar-refractivity contribution in [3.63, 3.8) is 0 Å². The maximum atomic E-state index is 15.3. The summed E-state index contributed by atoms with van der Waals surface area (Å²) < 4.78 is 45.6. The molecule has 2 aliphatic rings. The second kappa shape index (κ2) is 12.8. The largest absolute Gasteiger partial charge is 0.493 e. The van der Waals surface area contributed by atoms with Gasteiger partial charge in [0.2, 0.25) is 11.8 Å². The SMILES string of the molecule is COc1cc2c(Oc3ccc(NC(=O)C4(C(=O)Nc5ccc(F)cc5)CC4)cc3F)ccnc2cc1OC(=O)N1CCN(C)C[C@@H]1C. The van der Waals surface area contributed by atoms with Crippen molar-refractivity contribution in [1.82, 2.24) is 14.8 Å². The number of hydrogen-bond donors (Lipinski definition) is 2. The summed E-state index contributed by atoms with van der Waals surface area (Å²) >= 11 is 0. The van der Waals surface area contributed by atoms with E-state index in [1.54, 1.807) is 23.1 Å². The molecule has 2 fully saturated rings. The highest BCUT2D eigenvalue weighted by atomic mass is 19.1. The van der Waals surface area contributed by atoms with Gasteiger partial charge >= 0.3 is 6.09 Å². The number of carbonyl (C=O) groups excluding carboxylic acids is 3. The molecule has 0 radical (unpaired) electrons. The summed E-state index contributed by atoms with van der Waals surface area (Å²) in [5, 5.41) is 5.74. The fourth-order valence-corrected chi connectivity index (χ4v) is 5.52. The second-order valence-corrected chi connectivity index (χ2v) is 11.7. The van der Waals surface area contributed by atoms with Gasteiger partial charge in [-0.15, -0.1) is 0 Å². The Bertz CT molecular complexity index is 1850. The molecule has 47 heavy (non-hydrogen) atoms. The van der Waals surface area contributed by atoms with Crippen LogP contribution in [0.15, 0.2) is 66.9 Å². The average molecular weight is 646 g/mol. The van der Waals surface area contributed by atoms with Gasteiger partial charge in [0.25, 0.3) is 0 Å². The van der Waals surface area contributed by atoms with Gasteiger partial charge in [-0.1, -0.05) is 0 Å². The molecule has 3 aromatic carbocycles. The number of methoxy groups -OCH3 is 1. The van der Waals surface area contributed by atoms with Crippen molar-refractivity contribution >= 4 is 40.2 Å². The third kappa shape index (κ3) is 6.66. The van der Waals surface area contributed by atoms with Crippen molar-refractivity contribution in [3.8, 4) is 23.0 Å². The van der Waals surface area contributed by atoms with E-state index >= 15 is 4.39 Å². The first-order valence-corrected chi connectivity index (χ1v) is 15.1. The molecule has 1 atom stereocenters. The Labute approximate surface area is 269 Å². The van der Waals surface area contributed by atoms with Crippen molar-refractivity contribution in [3.05, 3.63) is 78.5 Å². The standard InChI is InChI=1S/C34H33F2N5O6/c1-20-19-40(2)14-15-41(20)33(44)47-30-18-26-24(17-29(30)45-3)27(10-13-37-26)46-28-9-8-23(16-25(28)36)39-32(43)34(11-12-34)31(42)38-22-6-4-21(35)5-7-22/h4-10,13,16-18,20H,11-12,14-15,19H2,1-3H3,(H,38,42)(H,39,43)/t20-/m0/s1. The topological polar surface area (TPSA) is 122 Å². The number of piperazine rings is 1. The predicted octanol–water partition coefficient (Wildman–Crippen LogP) is 5.81. The summed E-state index contributed by atoms with van der Waals surface area (Å²) in [6.07, 6.45) is 1.64. The Morgan fingerprint density at radius 1 is 0.872 bits per heavy atom. The number of benzene rings is 3. The van der Waals surface area contributed by atoms with Crippen LogP contribution in [0, 0.1) is 17.0 Å². The van der Waals surface area contributed by atoms with Gasteiger partial charge in [-0.2, -0.15) is 0 Å². The molecule has 1 aliphatic carbocycles. The van der Waals surface area contributed by atoms with E-state index in [2.05, 4.69) is 20.5 Å². The van der Waals surface area contributed by atoms with Gasteiger partial charge in [0.15, 0.2) is 23.1 Å². The maximum Gasteiger partial charge on any atom is 0.415 e. The Kier molecular flexibility index (Phi) is 8.65. The Morgan fingerprint density at radius 2 is 1.57 bits per heavy atom. The summed E-state index contributed by atoms with van der Waals surface area (Å²) in [6.45, 7) is 3.95. The van der Waals surface area contributed by atoms with E-state index in [0.29, 0.717) is 36.0 Å². The summed E-state index contributed by atoms with van der Waals surface area (Å²) in [4.78, 5) is 47.1. The fourth-order valence-electron chi connectivity index (χ4n) is 5.52.